The molecule has 0 saturated carbocycles. The zero-order chi connectivity index (χ0) is 15.5. The van der Waals surface area contributed by atoms with Crippen LogP contribution in [0.15, 0.2) is 64.2 Å². The van der Waals surface area contributed by atoms with Crippen LogP contribution in [0.3, 0.4) is 0 Å². The van der Waals surface area contributed by atoms with E-state index in [2.05, 4.69) is 5.32 Å². The zero-order valence-corrected chi connectivity index (χ0v) is 12.1. The first-order valence-corrected chi connectivity index (χ1v) is 7.10. The predicted octanol–water partition coefficient (Wildman–Crippen LogP) is 3.09. The highest BCUT2D eigenvalue weighted by atomic mass is 16.5. The van der Waals surface area contributed by atoms with E-state index in [4.69, 9.17) is 4.74 Å². The first kappa shape index (κ1) is 14.1. The minimum atomic E-state index is -0.495. The van der Waals surface area contributed by atoms with Gasteiger partial charge < -0.3 is 10.1 Å². The highest BCUT2D eigenvalue weighted by Gasteiger charge is 2.22. The van der Waals surface area contributed by atoms with Crippen LogP contribution >= 0.6 is 0 Å². The summed E-state index contributed by atoms with van der Waals surface area (Å²) in [4.78, 5) is 23.8. The van der Waals surface area contributed by atoms with Crippen molar-refractivity contribution < 1.29 is 4.74 Å². The van der Waals surface area contributed by atoms with Crippen molar-refractivity contribution in [2.24, 2.45) is 0 Å². The summed E-state index contributed by atoms with van der Waals surface area (Å²) in [5.74, 6) is 0.650. The molecule has 1 N–H and O–H groups in total. The largest absolute Gasteiger partial charge is 0.492 e. The van der Waals surface area contributed by atoms with Crippen molar-refractivity contribution in [3.8, 4) is 16.9 Å². The van der Waals surface area contributed by atoms with Gasteiger partial charge in [0.15, 0.2) is 0 Å². The summed E-state index contributed by atoms with van der Waals surface area (Å²) in [6.45, 7) is 2.42. The second kappa shape index (κ2) is 5.85. The van der Waals surface area contributed by atoms with Gasteiger partial charge in [-0.3, -0.25) is 9.59 Å². The molecular weight excluding hydrogens is 278 g/mol. The van der Waals surface area contributed by atoms with Crippen molar-refractivity contribution >= 4 is 11.4 Å². The highest BCUT2D eigenvalue weighted by Crippen LogP contribution is 2.30. The molecule has 22 heavy (non-hydrogen) atoms. The summed E-state index contributed by atoms with van der Waals surface area (Å²) in [6.07, 6.45) is 0. The van der Waals surface area contributed by atoms with Gasteiger partial charge in [-0.05, 0) is 24.6 Å². The summed E-state index contributed by atoms with van der Waals surface area (Å²) < 4.78 is 5.53. The Morgan fingerprint density at radius 2 is 1.59 bits per heavy atom. The molecule has 0 saturated heterocycles. The molecule has 0 amide bonds. The van der Waals surface area contributed by atoms with Crippen molar-refractivity contribution in [2.45, 2.75) is 6.92 Å². The lowest BCUT2D eigenvalue weighted by atomic mass is 9.98. The van der Waals surface area contributed by atoms with Gasteiger partial charge in [0.25, 0.3) is 5.43 Å². The highest BCUT2D eigenvalue weighted by molar-refractivity contribution is 5.85. The van der Waals surface area contributed by atoms with Crippen LogP contribution in [0.1, 0.15) is 6.92 Å². The van der Waals surface area contributed by atoms with Gasteiger partial charge in [0, 0.05) is 0 Å². The molecule has 110 valence electrons. The molecule has 0 aliphatic heterocycles. The Hall–Kier alpha value is -2.88. The lowest BCUT2D eigenvalue weighted by Gasteiger charge is -2.16. The molecule has 0 radical (unpaired) electrons. The Morgan fingerprint density at radius 1 is 0.909 bits per heavy atom. The Morgan fingerprint density at radius 3 is 2.32 bits per heavy atom. The fraction of sp³-hybridized carbons (Fsp3) is 0.111. The second-order valence-electron chi connectivity index (χ2n) is 4.83. The molecule has 0 aliphatic rings. The maximum absolute atomic E-state index is 11.9. The van der Waals surface area contributed by atoms with Crippen molar-refractivity contribution in [3.63, 3.8) is 0 Å². The molecular formula is C18H15NO3. The third-order valence-electron chi connectivity index (χ3n) is 3.42. The van der Waals surface area contributed by atoms with E-state index in [1.807, 2.05) is 61.5 Å². The van der Waals surface area contributed by atoms with Gasteiger partial charge in [-0.1, -0.05) is 42.5 Å². The molecule has 0 unspecified atom stereocenters. The van der Waals surface area contributed by atoms with E-state index in [0.717, 1.165) is 5.56 Å². The molecule has 3 aromatic rings. The fourth-order valence-electron chi connectivity index (χ4n) is 2.38. The molecule has 0 aromatic heterocycles. The smallest absolute Gasteiger partial charge is 0.250 e. The Labute approximate surface area is 127 Å². The van der Waals surface area contributed by atoms with Crippen molar-refractivity contribution in [3.05, 3.63) is 75.0 Å². The minimum Gasteiger partial charge on any atom is -0.492 e. The minimum absolute atomic E-state index is 0.323. The summed E-state index contributed by atoms with van der Waals surface area (Å²) >= 11 is 0. The molecule has 4 heteroatoms. The number of anilines is 2. The molecule has 3 rings (SSSR count). The van der Waals surface area contributed by atoms with Crippen LogP contribution in [-0.2, 0) is 0 Å². The lowest BCUT2D eigenvalue weighted by molar-refractivity contribution is 0.342. The Kier molecular flexibility index (Phi) is 3.74. The quantitative estimate of drug-likeness (QED) is 0.734. The summed E-state index contributed by atoms with van der Waals surface area (Å²) in [5.41, 5.74) is 1.21. The van der Waals surface area contributed by atoms with Gasteiger partial charge in [0.05, 0.1) is 17.9 Å². The maximum Gasteiger partial charge on any atom is 0.250 e. The number of hydrogen-bond donors (Lipinski definition) is 1. The molecule has 0 atom stereocenters. The molecule has 0 aliphatic carbocycles. The van der Waals surface area contributed by atoms with Crippen molar-refractivity contribution in [2.75, 3.05) is 11.9 Å². The normalized spacial score (nSPS) is 10.6. The van der Waals surface area contributed by atoms with Crippen LogP contribution in [0.4, 0.5) is 11.4 Å². The van der Waals surface area contributed by atoms with E-state index in [1.54, 1.807) is 0 Å². The van der Waals surface area contributed by atoms with Crippen LogP contribution in [0, 0.1) is 0 Å². The number of hydrogen-bond acceptors (Lipinski definition) is 4. The predicted molar refractivity (Wildman–Crippen MR) is 87.7 cm³/mol. The summed E-state index contributed by atoms with van der Waals surface area (Å²) in [5, 5.41) is 3.04. The van der Waals surface area contributed by atoms with Gasteiger partial charge in [-0.2, -0.15) is 0 Å². The van der Waals surface area contributed by atoms with Crippen LogP contribution in [0.5, 0.6) is 5.75 Å². The van der Waals surface area contributed by atoms with Gasteiger partial charge >= 0.3 is 0 Å². The number of para-hydroxylation sites is 2. The number of benzene rings is 2. The van der Waals surface area contributed by atoms with E-state index in [-0.39, 0.29) is 0 Å². The number of ether oxygens (including phenoxy) is 1. The first-order chi connectivity index (χ1) is 10.7. The number of rotatable bonds is 5. The fourth-order valence-corrected chi connectivity index (χ4v) is 2.38. The Balaban J connectivity index is 2.00. The SMILES string of the molecule is CCOc1ccccc1Nc1c(-c2ccccc2)c(=O)c1=O. The maximum atomic E-state index is 11.9. The molecule has 0 bridgehead atoms. The molecule has 0 spiro atoms. The average molecular weight is 293 g/mol. The standard InChI is InChI=1S/C18H15NO3/c1-2-22-14-11-7-6-10-13(14)19-16-15(17(20)18(16)21)12-8-4-3-5-9-12/h3-11,19H,2H2,1H3. The van der Waals surface area contributed by atoms with Crippen LogP contribution in [0.25, 0.3) is 11.1 Å². The number of nitrogens with one attached hydrogen (secondary N) is 1. The molecule has 0 heterocycles. The Bertz CT molecular complexity index is 862. The van der Waals surface area contributed by atoms with Crippen LogP contribution < -0.4 is 20.9 Å². The van der Waals surface area contributed by atoms with E-state index in [0.29, 0.717) is 29.3 Å². The second-order valence-corrected chi connectivity index (χ2v) is 4.83. The molecule has 4 nitrogen and oxygen atoms in total. The summed E-state index contributed by atoms with van der Waals surface area (Å²) in [6, 6.07) is 16.5. The van der Waals surface area contributed by atoms with E-state index in [1.165, 1.54) is 0 Å². The van der Waals surface area contributed by atoms with Crippen LogP contribution in [-0.4, -0.2) is 6.61 Å². The third kappa shape index (κ3) is 2.39. The van der Waals surface area contributed by atoms with Gasteiger partial charge in [0.2, 0.25) is 5.43 Å². The van der Waals surface area contributed by atoms with Crippen LogP contribution in [0.2, 0.25) is 0 Å². The van der Waals surface area contributed by atoms with Gasteiger partial charge in [0.1, 0.15) is 11.4 Å². The van der Waals surface area contributed by atoms with Gasteiger partial charge in [-0.25, -0.2) is 0 Å². The third-order valence-corrected chi connectivity index (χ3v) is 3.42. The topological polar surface area (TPSA) is 55.4 Å². The van der Waals surface area contributed by atoms with Crippen molar-refractivity contribution in [1.82, 2.24) is 0 Å². The van der Waals surface area contributed by atoms with Crippen molar-refractivity contribution in [1.29, 1.82) is 0 Å². The van der Waals surface area contributed by atoms with E-state index < -0.39 is 10.9 Å². The lowest BCUT2D eigenvalue weighted by Crippen LogP contribution is -2.35. The first-order valence-electron chi connectivity index (χ1n) is 7.10. The zero-order valence-electron chi connectivity index (χ0n) is 12.1. The monoisotopic (exact) mass is 293 g/mol. The molecule has 3 aromatic carbocycles. The van der Waals surface area contributed by atoms with E-state index >= 15 is 0 Å². The van der Waals surface area contributed by atoms with E-state index in [9.17, 15) is 9.59 Å². The van der Waals surface area contributed by atoms with Gasteiger partial charge in [-0.15, -0.1) is 0 Å². The summed E-state index contributed by atoms with van der Waals surface area (Å²) in [7, 11) is 0. The average Bonchev–Trinajstić information content (AvgIpc) is 2.56. The molecule has 0 fully saturated rings.